The normalized spacial score (nSPS) is 10.6. The van der Waals surface area contributed by atoms with Crippen molar-refractivity contribution in [2.75, 3.05) is 32.0 Å². The molecule has 0 saturated carbocycles. The van der Waals surface area contributed by atoms with Crippen molar-refractivity contribution in [2.24, 2.45) is 0 Å². The fourth-order valence-electron chi connectivity index (χ4n) is 2.49. The third-order valence-electron chi connectivity index (χ3n) is 4.01. The molecule has 0 aromatic heterocycles. The molecule has 26 heavy (non-hydrogen) atoms. The Hall–Kier alpha value is -2.37. The molecule has 138 valence electrons. The number of benzene rings is 2. The van der Waals surface area contributed by atoms with Crippen molar-refractivity contribution in [1.82, 2.24) is 9.80 Å². The first kappa shape index (κ1) is 19.9. The van der Waals surface area contributed by atoms with Gasteiger partial charge in [-0.15, -0.1) is 0 Å². The summed E-state index contributed by atoms with van der Waals surface area (Å²) < 4.78 is 0. The summed E-state index contributed by atoms with van der Waals surface area (Å²) in [6.45, 7) is 3.71. The molecule has 0 heterocycles. The molecule has 0 atom stereocenters. The van der Waals surface area contributed by atoms with Crippen LogP contribution in [0, 0.1) is 0 Å². The first-order chi connectivity index (χ1) is 12.5. The number of carbonyl (C=O) groups is 2. The molecule has 0 aliphatic rings. The lowest BCUT2D eigenvalue weighted by Gasteiger charge is -2.24. The van der Waals surface area contributed by atoms with Gasteiger partial charge in [-0.3, -0.25) is 14.5 Å². The van der Waals surface area contributed by atoms with Crippen LogP contribution < -0.4 is 5.32 Å². The topological polar surface area (TPSA) is 52.7 Å². The summed E-state index contributed by atoms with van der Waals surface area (Å²) in [5.74, 6) is -0.378. The van der Waals surface area contributed by atoms with Crippen LogP contribution >= 0.6 is 11.6 Å². The fraction of sp³-hybridized carbons (Fsp3) is 0.300. The van der Waals surface area contributed by atoms with Gasteiger partial charge in [0.1, 0.15) is 0 Å². The van der Waals surface area contributed by atoms with E-state index in [0.717, 1.165) is 12.1 Å². The molecular weight excluding hydrogens is 350 g/mol. The molecule has 2 rings (SSSR count). The molecule has 0 bridgehead atoms. The van der Waals surface area contributed by atoms with Gasteiger partial charge in [-0.2, -0.15) is 0 Å². The van der Waals surface area contributed by atoms with Crippen molar-refractivity contribution in [3.63, 3.8) is 0 Å². The molecule has 0 aliphatic heterocycles. The number of amides is 2. The summed E-state index contributed by atoms with van der Waals surface area (Å²) in [5.41, 5.74) is 1.69. The van der Waals surface area contributed by atoms with Crippen LogP contribution in [0.15, 0.2) is 54.6 Å². The third kappa shape index (κ3) is 6.17. The minimum Gasteiger partial charge on any atom is -0.335 e. The highest BCUT2D eigenvalue weighted by Crippen LogP contribution is 2.20. The van der Waals surface area contributed by atoms with E-state index in [1.807, 2.05) is 42.2 Å². The number of rotatable bonds is 8. The molecule has 0 radical (unpaired) electrons. The van der Waals surface area contributed by atoms with E-state index in [1.54, 1.807) is 31.3 Å². The lowest BCUT2D eigenvalue weighted by atomic mass is 10.2. The van der Waals surface area contributed by atoms with Gasteiger partial charge in [-0.1, -0.05) is 61.0 Å². The van der Waals surface area contributed by atoms with Crippen LogP contribution in [0.25, 0.3) is 0 Å². The molecule has 2 amide bonds. The highest BCUT2D eigenvalue weighted by Gasteiger charge is 2.16. The van der Waals surface area contributed by atoms with Crippen LogP contribution in [0.4, 0.5) is 5.69 Å². The van der Waals surface area contributed by atoms with E-state index in [1.165, 1.54) is 4.90 Å². The SMILES string of the molecule is CCN(CC(=O)N(C)CC(=O)Nc1ccccc1Cl)Cc1ccccc1. The summed E-state index contributed by atoms with van der Waals surface area (Å²) >= 11 is 6.03. The number of hydrogen-bond donors (Lipinski definition) is 1. The Labute approximate surface area is 159 Å². The number of likely N-dealkylation sites (N-methyl/N-ethyl adjacent to an activating group) is 2. The molecule has 0 aliphatic carbocycles. The minimum absolute atomic E-state index is 0.0209. The lowest BCUT2D eigenvalue weighted by Crippen LogP contribution is -2.41. The van der Waals surface area contributed by atoms with Crippen molar-refractivity contribution < 1.29 is 9.59 Å². The number of carbonyl (C=O) groups excluding carboxylic acids is 2. The first-order valence-corrected chi connectivity index (χ1v) is 8.92. The van der Waals surface area contributed by atoms with E-state index in [4.69, 9.17) is 11.6 Å². The smallest absolute Gasteiger partial charge is 0.244 e. The van der Waals surface area contributed by atoms with Crippen molar-refractivity contribution in [3.8, 4) is 0 Å². The molecular formula is C20H24ClN3O2. The van der Waals surface area contributed by atoms with Gasteiger partial charge in [0.25, 0.3) is 0 Å². The molecule has 2 aromatic carbocycles. The summed E-state index contributed by atoms with van der Waals surface area (Å²) in [6.07, 6.45) is 0. The number of nitrogens with one attached hydrogen (secondary N) is 1. The second kappa shape index (κ2) is 9.94. The Morgan fingerprint density at radius 1 is 1.00 bits per heavy atom. The van der Waals surface area contributed by atoms with E-state index >= 15 is 0 Å². The average Bonchev–Trinajstić information content (AvgIpc) is 2.63. The van der Waals surface area contributed by atoms with Crippen molar-refractivity contribution in [2.45, 2.75) is 13.5 Å². The maximum atomic E-state index is 12.4. The second-order valence-electron chi connectivity index (χ2n) is 6.07. The molecule has 0 unspecified atom stereocenters. The Balaban J connectivity index is 1.85. The Morgan fingerprint density at radius 3 is 2.31 bits per heavy atom. The van der Waals surface area contributed by atoms with Gasteiger partial charge in [0, 0.05) is 13.6 Å². The van der Waals surface area contributed by atoms with Crippen LogP contribution in [0.2, 0.25) is 5.02 Å². The number of para-hydroxylation sites is 1. The predicted molar refractivity (Wildman–Crippen MR) is 105 cm³/mol. The predicted octanol–water partition coefficient (Wildman–Crippen LogP) is 3.26. The van der Waals surface area contributed by atoms with Gasteiger partial charge in [-0.25, -0.2) is 0 Å². The van der Waals surface area contributed by atoms with Crippen molar-refractivity contribution in [1.29, 1.82) is 0 Å². The molecule has 1 N–H and O–H groups in total. The standard InChI is InChI=1S/C20H24ClN3O2/c1-3-24(13-16-9-5-4-6-10-16)15-20(26)23(2)14-19(25)22-18-12-8-7-11-17(18)21/h4-12H,3,13-15H2,1-2H3,(H,22,25). The lowest BCUT2D eigenvalue weighted by molar-refractivity contribution is -0.134. The van der Waals surface area contributed by atoms with Gasteiger partial charge in [0.05, 0.1) is 23.8 Å². The maximum Gasteiger partial charge on any atom is 0.244 e. The van der Waals surface area contributed by atoms with E-state index in [0.29, 0.717) is 17.3 Å². The molecule has 0 spiro atoms. The van der Waals surface area contributed by atoms with E-state index in [-0.39, 0.29) is 24.9 Å². The van der Waals surface area contributed by atoms with Gasteiger partial charge in [-0.05, 0) is 24.2 Å². The van der Waals surface area contributed by atoms with Gasteiger partial charge in [0.2, 0.25) is 11.8 Å². The van der Waals surface area contributed by atoms with E-state index < -0.39 is 0 Å². The van der Waals surface area contributed by atoms with Crippen LogP contribution in [0.5, 0.6) is 0 Å². The monoisotopic (exact) mass is 373 g/mol. The van der Waals surface area contributed by atoms with Crippen LogP contribution in [-0.2, 0) is 16.1 Å². The Bertz CT molecular complexity index is 737. The number of nitrogens with zero attached hydrogens (tertiary/aromatic N) is 2. The summed E-state index contributed by atoms with van der Waals surface area (Å²) in [6, 6.07) is 17.0. The maximum absolute atomic E-state index is 12.4. The Morgan fingerprint density at radius 2 is 1.65 bits per heavy atom. The van der Waals surface area contributed by atoms with Gasteiger partial charge < -0.3 is 10.2 Å². The molecule has 2 aromatic rings. The van der Waals surface area contributed by atoms with Crippen LogP contribution in [0.3, 0.4) is 0 Å². The van der Waals surface area contributed by atoms with Gasteiger partial charge >= 0.3 is 0 Å². The zero-order chi connectivity index (χ0) is 18.9. The zero-order valence-corrected chi connectivity index (χ0v) is 15.9. The summed E-state index contributed by atoms with van der Waals surface area (Å²) in [5, 5.41) is 3.19. The van der Waals surface area contributed by atoms with Crippen molar-refractivity contribution in [3.05, 3.63) is 65.2 Å². The summed E-state index contributed by atoms with van der Waals surface area (Å²) in [7, 11) is 1.63. The molecule has 0 saturated heterocycles. The summed E-state index contributed by atoms with van der Waals surface area (Å²) in [4.78, 5) is 28.1. The quantitative estimate of drug-likeness (QED) is 0.772. The minimum atomic E-state index is -0.278. The molecule has 5 nitrogen and oxygen atoms in total. The fourth-order valence-corrected chi connectivity index (χ4v) is 2.67. The van der Waals surface area contributed by atoms with E-state index in [9.17, 15) is 9.59 Å². The van der Waals surface area contributed by atoms with Crippen LogP contribution in [0.1, 0.15) is 12.5 Å². The van der Waals surface area contributed by atoms with Crippen LogP contribution in [-0.4, -0.2) is 48.3 Å². The first-order valence-electron chi connectivity index (χ1n) is 8.54. The number of anilines is 1. The third-order valence-corrected chi connectivity index (χ3v) is 4.34. The average molecular weight is 374 g/mol. The van der Waals surface area contributed by atoms with Crippen molar-refractivity contribution >= 4 is 29.1 Å². The highest BCUT2D eigenvalue weighted by molar-refractivity contribution is 6.33. The zero-order valence-electron chi connectivity index (χ0n) is 15.1. The number of hydrogen-bond acceptors (Lipinski definition) is 3. The Kier molecular flexibility index (Phi) is 7.63. The van der Waals surface area contributed by atoms with E-state index in [2.05, 4.69) is 5.32 Å². The second-order valence-corrected chi connectivity index (χ2v) is 6.47. The largest absolute Gasteiger partial charge is 0.335 e. The highest BCUT2D eigenvalue weighted by atomic mass is 35.5. The van der Waals surface area contributed by atoms with Gasteiger partial charge in [0.15, 0.2) is 0 Å². The molecule has 0 fully saturated rings. The number of halogens is 1. The molecule has 6 heteroatoms.